The lowest BCUT2D eigenvalue weighted by Crippen LogP contribution is -2.25. The van der Waals surface area contributed by atoms with Crippen molar-refractivity contribution in [3.05, 3.63) is 65.2 Å². The molecule has 2 aromatic rings. The first kappa shape index (κ1) is 18.0. The fourth-order valence-corrected chi connectivity index (χ4v) is 2.38. The van der Waals surface area contributed by atoms with E-state index >= 15 is 0 Å². The van der Waals surface area contributed by atoms with Crippen molar-refractivity contribution in [3.8, 4) is 5.75 Å². The number of aliphatic hydroxyl groups is 1. The van der Waals surface area contributed by atoms with Gasteiger partial charge in [-0.25, -0.2) is 0 Å². The Morgan fingerprint density at radius 2 is 1.75 bits per heavy atom. The Balaban J connectivity index is 1.73. The molecular weight excluding hydrogens is 302 g/mol. The predicted molar refractivity (Wildman–Crippen MR) is 94.9 cm³/mol. The van der Waals surface area contributed by atoms with E-state index in [2.05, 4.69) is 19.2 Å². The van der Waals surface area contributed by atoms with Gasteiger partial charge in [-0.05, 0) is 34.7 Å². The number of rotatable bonds is 8. The van der Waals surface area contributed by atoms with Gasteiger partial charge in [-0.2, -0.15) is 0 Å². The number of aliphatic hydroxyl groups excluding tert-OH is 1. The van der Waals surface area contributed by atoms with Crippen LogP contribution < -0.4 is 10.1 Å². The van der Waals surface area contributed by atoms with E-state index in [0.717, 1.165) is 16.9 Å². The summed E-state index contributed by atoms with van der Waals surface area (Å²) < 4.78 is 5.61. The number of carbonyl (C=O) groups is 1. The summed E-state index contributed by atoms with van der Waals surface area (Å²) in [5.74, 6) is 1.20. The molecule has 0 heterocycles. The highest BCUT2D eigenvalue weighted by atomic mass is 16.5. The summed E-state index contributed by atoms with van der Waals surface area (Å²) in [5.41, 5.74) is 3.03. The minimum atomic E-state index is -0.0680. The molecule has 0 radical (unpaired) electrons. The molecule has 2 N–H and O–H groups in total. The predicted octanol–water partition coefficient (Wildman–Crippen LogP) is 3.39. The van der Waals surface area contributed by atoms with Crippen molar-refractivity contribution in [3.63, 3.8) is 0 Å². The van der Waals surface area contributed by atoms with E-state index < -0.39 is 0 Å². The highest BCUT2D eigenvalue weighted by Crippen LogP contribution is 2.18. The van der Waals surface area contributed by atoms with E-state index in [1.165, 1.54) is 5.56 Å². The normalized spacial score (nSPS) is 10.7. The molecule has 0 atom stereocenters. The molecule has 0 spiro atoms. The number of benzene rings is 2. The molecule has 0 bridgehead atoms. The highest BCUT2D eigenvalue weighted by molar-refractivity contribution is 5.76. The fourth-order valence-electron chi connectivity index (χ4n) is 2.38. The maximum absolute atomic E-state index is 11.9. The summed E-state index contributed by atoms with van der Waals surface area (Å²) >= 11 is 0. The lowest BCUT2D eigenvalue weighted by Gasteiger charge is -2.10. The molecule has 0 saturated carbocycles. The van der Waals surface area contributed by atoms with Crippen LogP contribution in [0.15, 0.2) is 48.5 Å². The van der Waals surface area contributed by atoms with Gasteiger partial charge in [0.25, 0.3) is 0 Å². The van der Waals surface area contributed by atoms with Gasteiger partial charge in [0.1, 0.15) is 5.75 Å². The van der Waals surface area contributed by atoms with E-state index in [4.69, 9.17) is 4.74 Å². The Hall–Kier alpha value is -2.33. The second kappa shape index (κ2) is 9.08. The fraction of sp³-hybridized carbons (Fsp3) is 0.350. The van der Waals surface area contributed by atoms with Gasteiger partial charge < -0.3 is 15.2 Å². The number of hydrogen-bond donors (Lipinski definition) is 2. The second-order valence-corrected chi connectivity index (χ2v) is 6.03. The van der Waals surface area contributed by atoms with Crippen LogP contribution in [0.2, 0.25) is 0 Å². The van der Waals surface area contributed by atoms with Crippen molar-refractivity contribution >= 4 is 5.91 Å². The average Bonchev–Trinajstić information content (AvgIpc) is 2.60. The van der Waals surface area contributed by atoms with Crippen LogP contribution in [-0.2, 0) is 17.9 Å². The van der Waals surface area contributed by atoms with Crippen molar-refractivity contribution in [1.29, 1.82) is 0 Å². The zero-order valence-electron chi connectivity index (χ0n) is 14.3. The first-order chi connectivity index (χ1) is 11.6. The smallest absolute Gasteiger partial charge is 0.223 e. The molecule has 128 valence electrons. The minimum absolute atomic E-state index is 0.0263. The first-order valence-corrected chi connectivity index (χ1v) is 8.27. The van der Waals surface area contributed by atoms with Crippen molar-refractivity contribution in [1.82, 2.24) is 5.32 Å². The van der Waals surface area contributed by atoms with Crippen LogP contribution in [-0.4, -0.2) is 17.6 Å². The quantitative estimate of drug-likeness (QED) is 0.781. The molecular formula is C20H25NO3. The third-order valence-corrected chi connectivity index (χ3v) is 3.91. The molecule has 24 heavy (non-hydrogen) atoms. The van der Waals surface area contributed by atoms with E-state index in [-0.39, 0.29) is 12.5 Å². The lowest BCUT2D eigenvalue weighted by atomic mass is 10.0. The molecule has 0 fully saturated rings. The standard InChI is InChI=1S/C20H25NO3/c1-15(2)16-7-9-19(10-8-16)24-12-11-20(23)21-13-17-5-3-4-6-18(17)14-22/h3-10,15,22H,11-14H2,1-2H3,(H,21,23). The van der Waals surface area contributed by atoms with Crippen LogP contribution in [0.1, 0.15) is 42.9 Å². The van der Waals surface area contributed by atoms with Crippen molar-refractivity contribution in [2.75, 3.05) is 6.61 Å². The largest absolute Gasteiger partial charge is 0.493 e. The lowest BCUT2D eigenvalue weighted by molar-refractivity contribution is -0.121. The molecule has 2 rings (SSSR count). The Morgan fingerprint density at radius 3 is 2.38 bits per heavy atom. The number of carbonyl (C=O) groups excluding carboxylic acids is 1. The summed E-state index contributed by atoms with van der Waals surface area (Å²) in [6.07, 6.45) is 0.299. The Morgan fingerprint density at radius 1 is 1.08 bits per heavy atom. The van der Waals surface area contributed by atoms with Crippen LogP contribution >= 0.6 is 0 Å². The molecule has 0 aromatic heterocycles. The van der Waals surface area contributed by atoms with E-state index in [9.17, 15) is 9.90 Å². The summed E-state index contributed by atoms with van der Waals surface area (Å²) in [7, 11) is 0. The summed E-state index contributed by atoms with van der Waals surface area (Å²) in [5, 5.41) is 12.1. The molecule has 0 aliphatic heterocycles. The molecule has 0 aliphatic rings. The number of nitrogens with one attached hydrogen (secondary N) is 1. The van der Waals surface area contributed by atoms with Gasteiger partial charge in [0.2, 0.25) is 5.91 Å². The molecule has 0 aliphatic carbocycles. The van der Waals surface area contributed by atoms with Crippen LogP contribution in [0.4, 0.5) is 0 Å². The topological polar surface area (TPSA) is 58.6 Å². The van der Waals surface area contributed by atoms with Crippen molar-refractivity contribution in [2.24, 2.45) is 0 Å². The molecule has 1 amide bonds. The third-order valence-electron chi connectivity index (χ3n) is 3.91. The number of hydrogen-bond acceptors (Lipinski definition) is 3. The number of amides is 1. The zero-order chi connectivity index (χ0) is 17.4. The van der Waals surface area contributed by atoms with E-state index in [1.807, 2.05) is 48.5 Å². The summed E-state index contributed by atoms with van der Waals surface area (Å²) in [6, 6.07) is 15.5. The van der Waals surface area contributed by atoms with Gasteiger partial charge in [-0.1, -0.05) is 50.2 Å². The van der Waals surface area contributed by atoms with Gasteiger partial charge in [0, 0.05) is 6.54 Å². The summed E-state index contributed by atoms with van der Waals surface area (Å²) in [6.45, 7) is 5.03. The maximum Gasteiger partial charge on any atom is 0.223 e. The maximum atomic E-state index is 11.9. The van der Waals surface area contributed by atoms with Crippen molar-refractivity contribution < 1.29 is 14.6 Å². The van der Waals surface area contributed by atoms with E-state index in [1.54, 1.807) is 0 Å². The monoisotopic (exact) mass is 327 g/mol. The van der Waals surface area contributed by atoms with Gasteiger partial charge in [0.05, 0.1) is 19.6 Å². The molecule has 0 unspecified atom stereocenters. The highest BCUT2D eigenvalue weighted by Gasteiger charge is 2.05. The van der Waals surface area contributed by atoms with Crippen LogP contribution in [0, 0.1) is 0 Å². The second-order valence-electron chi connectivity index (χ2n) is 6.03. The van der Waals surface area contributed by atoms with Crippen LogP contribution in [0.5, 0.6) is 5.75 Å². The average molecular weight is 327 g/mol. The van der Waals surface area contributed by atoms with Crippen LogP contribution in [0.25, 0.3) is 0 Å². The molecule has 4 heteroatoms. The third kappa shape index (κ3) is 5.39. The van der Waals surface area contributed by atoms with E-state index in [0.29, 0.717) is 25.5 Å². The van der Waals surface area contributed by atoms with Crippen molar-refractivity contribution in [2.45, 2.75) is 39.3 Å². The molecule has 0 saturated heterocycles. The van der Waals surface area contributed by atoms with Gasteiger partial charge in [0.15, 0.2) is 0 Å². The minimum Gasteiger partial charge on any atom is -0.493 e. The zero-order valence-corrected chi connectivity index (χ0v) is 14.3. The van der Waals surface area contributed by atoms with Gasteiger partial charge in [-0.3, -0.25) is 4.79 Å². The molecule has 4 nitrogen and oxygen atoms in total. The Bertz CT molecular complexity index is 650. The van der Waals surface area contributed by atoms with Gasteiger partial charge >= 0.3 is 0 Å². The number of ether oxygens (including phenoxy) is 1. The summed E-state index contributed by atoms with van der Waals surface area (Å²) in [4.78, 5) is 11.9. The Kier molecular flexibility index (Phi) is 6.82. The first-order valence-electron chi connectivity index (χ1n) is 8.27. The molecule has 2 aromatic carbocycles. The Labute approximate surface area is 143 Å². The SMILES string of the molecule is CC(C)c1ccc(OCCC(=O)NCc2ccccc2CO)cc1. The van der Waals surface area contributed by atoms with Gasteiger partial charge in [-0.15, -0.1) is 0 Å². The van der Waals surface area contributed by atoms with Crippen LogP contribution in [0.3, 0.4) is 0 Å².